The Morgan fingerprint density at radius 3 is 2.53 bits per heavy atom. The summed E-state index contributed by atoms with van der Waals surface area (Å²) >= 11 is 0. The molecule has 0 bridgehead atoms. The van der Waals surface area contributed by atoms with E-state index in [0.717, 1.165) is 19.3 Å². The summed E-state index contributed by atoms with van der Waals surface area (Å²) in [4.78, 5) is 26.5. The number of rotatable bonds is 7. The van der Waals surface area contributed by atoms with Crippen molar-refractivity contribution in [3.63, 3.8) is 0 Å². The molecule has 2 rings (SSSR count). The third-order valence-electron chi connectivity index (χ3n) is 3.60. The van der Waals surface area contributed by atoms with Crippen molar-refractivity contribution in [1.29, 1.82) is 0 Å². The average molecular weight is 270 g/mol. The monoisotopic (exact) mass is 270 g/mol. The maximum absolute atomic E-state index is 11.9. The number of aliphatic carboxylic acids is 1. The van der Waals surface area contributed by atoms with Crippen molar-refractivity contribution < 1.29 is 19.4 Å². The highest BCUT2D eigenvalue weighted by Gasteiger charge is 2.30. The zero-order chi connectivity index (χ0) is 13.7. The molecule has 1 N–H and O–H groups in total. The van der Waals surface area contributed by atoms with Gasteiger partial charge in [0.2, 0.25) is 5.91 Å². The zero-order valence-corrected chi connectivity index (χ0v) is 11.2. The van der Waals surface area contributed by atoms with E-state index in [1.165, 1.54) is 0 Å². The summed E-state index contributed by atoms with van der Waals surface area (Å²) < 4.78 is 5.21. The molecule has 6 nitrogen and oxygen atoms in total. The highest BCUT2D eigenvalue weighted by molar-refractivity contribution is 5.76. The van der Waals surface area contributed by atoms with Gasteiger partial charge in [0.15, 0.2) is 0 Å². The second-order valence-corrected chi connectivity index (χ2v) is 5.19. The number of hydrogen-bond acceptors (Lipinski definition) is 4. The Kier molecular flexibility index (Phi) is 5.15. The smallest absolute Gasteiger partial charge is 0.317 e. The number of carboxylic acid groups (broad SMARTS) is 1. The molecular weight excluding hydrogens is 248 g/mol. The van der Waals surface area contributed by atoms with Crippen LogP contribution in [0.15, 0.2) is 0 Å². The number of nitrogens with zero attached hydrogens (tertiary/aromatic N) is 2. The molecule has 0 spiro atoms. The van der Waals surface area contributed by atoms with Crippen LogP contribution in [0.25, 0.3) is 0 Å². The van der Waals surface area contributed by atoms with E-state index in [9.17, 15) is 9.59 Å². The lowest BCUT2D eigenvalue weighted by molar-refractivity contribution is -0.138. The van der Waals surface area contributed by atoms with E-state index in [1.807, 2.05) is 9.80 Å². The van der Waals surface area contributed by atoms with Crippen molar-refractivity contribution in [2.75, 3.05) is 39.4 Å². The number of hydrogen-bond donors (Lipinski definition) is 1. The number of carboxylic acids is 1. The van der Waals surface area contributed by atoms with Gasteiger partial charge in [-0.1, -0.05) is 0 Å². The molecule has 0 unspecified atom stereocenters. The molecule has 1 aliphatic heterocycles. The molecule has 108 valence electrons. The van der Waals surface area contributed by atoms with Crippen LogP contribution in [0.2, 0.25) is 0 Å². The minimum atomic E-state index is -0.786. The first-order valence-corrected chi connectivity index (χ1v) is 6.98. The minimum Gasteiger partial charge on any atom is -0.480 e. The summed E-state index contributed by atoms with van der Waals surface area (Å²) in [5.74, 6) is -0.624. The molecule has 2 aliphatic rings. The molecule has 1 aliphatic carbocycles. The fourth-order valence-corrected chi connectivity index (χ4v) is 2.41. The number of amides is 1. The summed E-state index contributed by atoms with van der Waals surface area (Å²) in [6.45, 7) is 3.40. The van der Waals surface area contributed by atoms with E-state index in [4.69, 9.17) is 9.84 Å². The van der Waals surface area contributed by atoms with E-state index in [1.54, 1.807) is 0 Å². The zero-order valence-electron chi connectivity index (χ0n) is 11.2. The van der Waals surface area contributed by atoms with Crippen LogP contribution in [-0.4, -0.2) is 72.2 Å². The molecule has 0 aromatic rings. The molecule has 0 aromatic carbocycles. The third kappa shape index (κ3) is 4.80. The van der Waals surface area contributed by atoms with Crippen molar-refractivity contribution in [3.05, 3.63) is 0 Å². The number of ether oxygens (including phenoxy) is 1. The van der Waals surface area contributed by atoms with Gasteiger partial charge in [-0.05, 0) is 25.8 Å². The molecule has 0 atom stereocenters. The van der Waals surface area contributed by atoms with E-state index in [-0.39, 0.29) is 12.5 Å². The Hall–Kier alpha value is -1.14. The normalized spacial score (nSPS) is 19.7. The van der Waals surface area contributed by atoms with E-state index < -0.39 is 5.97 Å². The van der Waals surface area contributed by atoms with Crippen molar-refractivity contribution in [3.8, 4) is 0 Å². The lowest BCUT2D eigenvalue weighted by atomic mass is 10.2. The maximum atomic E-state index is 11.9. The average Bonchev–Trinajstić information content (AvgIpc) is 3.22. The lowest BCUT2D eigenvalue weighted by Crippen LogP contribution is -2.41. The largest absolute Gasteiger partial charge is 0.480 e. The molecule has 1 heterocycles. The molecular formula is C13H22N2O4. The highest BCUT2D eigenvalue weighted by atomic mass is 16.5. The maximum Gasteiger partial charge on any atom is 0.317 e. The fourth-order valence-electron chi connectivity index (χ4n) is 2.41. The van der Waals surface area contributed by atoms with Gasteiger partial charge in [0.25, 0.3) is 0 Å². The fraction of sp³-hybridized carbons (Fsp3) is 0.846. The van der Waals surface area contributed by atoms with Crippen LogP contribution in [0.1, 0.15) is 25.7 Å². The Morgan fingerprint density at radius 1 is 1.26 bits per heavy atom. The number of morpholine rings is 1. The van der Waals surface area contributed by atoms with E-state index in [2.05, 4.69) is 0 Å². The van der Waals surface area contributed by atoms with E-state index >= 15 is 0 Å². The first-order chi connectivity index (χ1) is 9.16. The van der Waals surface area contributed by atoms with Crippen molar-refractivity contribution in [1.82, 2.24) is 9.80 Å². The van der Waals surface area contributed by atoms with Crippen molar-refractivity contribution in [2.45, 2.75) is 31.7 Å². The molecule has 0 radical (unpaired) electrons. The van der Waals surface area contributed by atoms with Crippen LogP contribution in [0, 0.1) is 0 Å². The topological polar surface area (TPSA) is 70.1 Å². The molecule has 1 saturated carbocycles. The van der Waals surface area contributed by atoms with Crippen molar-refractivity contribution >= 4 is 11.9 Å². The van der Waals surface area contributed by atoms with Crippen LogP contribution in [0.4, 0.5) is 0 Å². The number of carbonyl (C=O) groups excluding carboxylic acids is 1. The summed E-state index contributed by atoms with van der Waals surface area (Å²) in [5, 5.41) is 8.84. The molecule has 0 aromatic heterocycles. The molecule has 1 saturated heterocycles. The van der Waals surface area contributed by atoms with E-state index in [0.29, 0.717) is 45.3 Å². The first-order valence-electron chi connectivity index (χ1n) is 6.98. The lowest BCUT2D eigenvalue weighted by Gasteiger charge is -2.27. The van der Waals surface area contributed by atoms with Gasteiger partial charge in [-0.2, -0.15) is 0 Å². The van der Waals surface area contributed by atoms with Gasteiger partial charge in [-0.25, -0.2) is 0 Å². The Morgan fingerprint density at radius 2 is 1.95 bits per heavy atom. The first kappa shape index (κ1) is 14.3. The van der Waals surface area contributed by atoms with Crippen LogP contribution in [-0.2, 0) is 14.3 Å². The SMILES string of the molecule is O=C(O)CN(CCCC(=O)N1CCOCC1)C1CC1. The van der Waals surface area contributed by atoms with Crippen LogP contribution < -0.4 is 0 Å². The number of carbonyl (C=O) groups is 2. The standard InChI is InChI=1S/C13H22N2O4/c16-12(14-6-8-19-9-7-14)2-1-5-15(10-13(17)18)11-3-4-11/h11H,1-10H2,(H,17,18). The van der Waals surface area contributed by atoms with Crippen molar-refractivity contribution in [2.24, 2.45) is 0 Å². The van der Waals surface area contributed by atoms with Gasteiger partial charge in [-0.15, -0.1) is 0 Å². The van der Waals surface area contributed by atoms with Crippen LogP contribution in [0.3, 0.4) is 0 Å². The second-order valence-electron chi connectivity index (χ2n) is 5.19. The molecule has 6 heteroatoms. The quantitative estimate of drug-likeness (QED) is 0.714. The van der Waals surface area contributed by atoms with Gasteiger partial charge in [-0.3, -0.25) is 14.5 Å². The van der Waals surface area contributed by atoms with Gasteiger partial charge in [0.05, 0.1) is 19.8 Å². The highest BCUT2D eigenvalue weighted by Crippen LogP contribution is 2.26. The summed E-state index contributed by atoms with van der Waals surface area (Å²) in [6.07, 6.45) is 3.41. The van der Waals surface area contributed by atoms with Crippen LogP contribution >= 0.6 is 0 Å². The summed E-state index contributed by atoms with van der Waals surface area (Å²) in [6, 6.07) is 0.426. The summed E-state index contributed by atoms with van der Waals surface area (Å²) in [7, 11) is 0. The van der Waals surface area contributed by atoms with Gasteiger partial charge >= 0.3 is 5.97 Å². The molecule has 19 heavy (non-hydrogen) atoms. The molecule has 1 amide bonds. The Balaban J connectivity index is 1.66. The van der Waals surface area contributed by atoms with Gasteiger partial charge < -0.3 is 14.7 Å². The second kappa shape index (κ2) is 6.86. The van der Waals surface area contributed by atoms with Crippen LogP contribution in [0.5, 0.6) is 0 Å². The predicted molar refractivity (Wildman–Crippen MR) is 68.9 cm³/mol. The molecule has 2 fully saturated rings. The Labute approximate surface area is 113 Å². The van der Waals surface area contributed by atoms with Gasteiger partial charge in [0, 0.05) is 25.6 Å². The minimum absolute atomic E-state index is 0.0937. The third-order valence-corrected chi connectivity index (χ3v) is 3.60. The predicted octanol–water partition coefficient (Wildman–Crippen LogP) is 0.174. The van der Waals surface area contributed by atoms with Gasteiger partial charge in [0.1, 0.15) is 0 Å². The summed E-state index contributed by atoms with van der Waals surface area (Å²) in [5.41, 5.74) is 0. The Bertz CT molecular complexity index is 325.